The fourth-order valence-electron chi connectivity index (χ4n) is 1.19. The van der Waals surface area contributed by atoms with Crippen molar-refractivity contribution in [2.75, 3.05) is 0 Å². The van der Waals surface area contributed by atoms with Crippen molar-refractivity contribution in [3.8, 4) is 0 Å². The van der Waals surface area contributed by atoms with E-state index in [1.54, 1.807) is 0 Å². The van der Waals surface area contributed by atoms with E-state index in [2.05, 4.69) is 0 Å². The molecule has 0 aliphatic carbocycles. The van der Waals surface area contributed by atoms with Crippen LogP contribution in [-0.2, 0) is 9.53 Å². The SMILES string of the molecule is CC(C)C(C)OC(=O)[C@@H](N)c1ccccc1. The summed E-state index contributed by atoms with van der Waals surface area (Å²) in [6.45, 7) is 5.89. The number of nitrogens with two attached hydrogens (primary N) is 1. The number of hydrogen-bond acceptors (Lipinski definition) is 3. The summed E-state index contributed by atoms with van der Waals surface area (Å²) in [6, 6.07) is 8.56. The second-order valence-corrected chi connectivity index (χ2v) is 4.27. The van der Waals surface area contributed by atoms with Crippen LogP contribution in [0.2, 0.25) is 0 Å². The number of carbonyl (C=O) groups is 1. The first kappa shape index (κ1) is 12.7. The van der Waals surface area contributed by atoms with Gasteiger partial charge in [0.2, 0.25) is 0 Å². The highest BCUT2D eigenvalue weighted by Gasteiger charge is 2.20. The number of rotatable bonds is 4. The first-order valence-corrected chi connectivity index (χ1v) is 5.53. The first-order valence-electron chi connectivity index (χ1n) is 5.53. The Hall–Kier alpha value is -1.35. The van der Waals surface area contributed by atoms with Crippen LogP contribution in [0, 0.1) is 5.92 Å². The van der Waals surface area contributed by atoms with Gasteiger partial charge in [0.15, 0.2) is 0 Å². The van der Waals surface area contributed by atoms with Crippen molar-refractivity contribution < 1.29 is 9.53 Å². The minimum atomic E-state index is -0.692. The predicted octanol–water partition coefficient (Wildman–Crippen LogP) is 2.27. The minimum Gasteiger partial charge on any atom is -0.461 e. The van der Waals surface area contributed by atoms with Gasteiger partial charge in [0, 0.05) is 0 Å². The van der Waals surface area contributed by atoms with Gasteiger partial charge in [-0.15, -0.1) is 0 Å². The molecule has 1 unspecified atom stereocenters. The molecule has 16 heavy (non-hydrogen) atoms. The van der Waals surface area contributed by atoms with Crippen LogP contribution in [0.4, 0.5) is 0 Å². The second kappa shape index (κ2) is 5.66. The molecule has 0 amide bonds. The van der Waals surface area contributed by atoms with Gasteiger partial charge in [-0.25, -0.2) is 4.79 Å². The molecule has 0 heterocycles. The van der Waals surface area contributed by atoms with E-state index in [0.717, 1.165) is 5.56 Å². The summed E-state index contributed by atoms with van der Waals surface area (Å²) in [5.41, 5.74) is 6.59. The van der Waals surface area contributed by atoms with Crippen LogP contribution in [0.15, 0.2) is 30.3 Å². The van der Waals surface area contributed by atoms with Crippen LogP contribution < -0.4 is 5.73 Å². The summed E-state index contributed by atoms with van der Waals surface area (Å²) in [7, 11) is 0. The number of carbonyl (C=O) groups excluding carboxylic acids is 1. The second-order valence-electron chi connectivity index (χ2n) is 4.27. The molecule has 1 aromatic carbocycles. The molecule has 3 nitrogen and oxygen atoms in total. The average Bonchev–Trinajstić information content (AvgIpc) is 2.28. The van der Waals surface area contributed by atoms with E-state index >= 15 is 0 Å². The van der Waals surface area contributed by atoms with Crippen molar-refractivity contribution in [1.82, 2.24) is 0 Å². The Morgan fingerprint density at radius 3 is 2.25 bits per heavy atom. The molecule has 0 saturated carbocycles. The highest BCUT2D eigenvalue weighted by atomic mass is 16.5. The van der Waals surface area contributed by atoms with E-state index in [1.165, 1.54) is 0 Å². The van der Waals surface area contributed by atoms with Crippen molar-refractivity contribution >= 4 is 5.97 Å². The highest BCUT2D eigenvalue weighted by Crippen LogP contribution is 2.14. The van der Waals surface area contributed by atoms with E-state index < -0.39 is 6.04 Å². The first-order chi connectivity index (χ1) is 7.52. The maximum Gasteiger partial charge on any atom is 0.327 e. The summed E-state index contributed by atoms with van der Waals surface area (Å²) in [6.07, 6.45) is -0.109. The van der Waals surface area contributed by atoms with Crippen LogP contribution in [0.1, 0.15) is 32.4 Å². The molecule has 3 heteroatoms. The van der Waals surface area contributed by atoms with E-state index in [9.17, 15) is 4.79 Å². The Balaban J connectivity index is 2.62. The summed E-state index contributed by atoms with van der Waals surface area (Å²) in [4.78, 5) is 11.7. The van der Waals surface area contributed by atoms with Crippen LogP contribution in [0.3, 0.4) is 0 Å². The molecule has 0 aliphatic rings. The van der Waals surface area contributed by atoms with Gasteiger partial charge in [-0.3, -0.25) is 0 Å². The Kier molecular flexibility index (Phi) is 4.50. The van der Waals surface area contributed by atoms with Crippen LogP contribution in [0.25, 0.3) is 0 Å². The van der Waals surface area contributed by atoms with E-state index in [4.69, 9.17) is 10.5 Å². The van der Waals surface area contributed by atoms with Crippen molar-refractivity contribution in [1.29, 1.82) is 0 Å². The quantitative estimate of drug-likeness (QED) is 0.793. The summed E-state index contributed by atoms with van der Waals surface area (Å²) >= 11 is 0. The van der Waals surface area contributed by atoms with Gasteiger partial charge in [-0.2, -0.15) is 0 Å². The molecule has 0 fully saturated rings. The third-order valence-corrected chi connectivity index (χ3v) is 2.65. The fraction of sp³-hybridized carbons (Fsp3) is 0.462. The van der Waals surface area contributed by atoms with Crippen molar-refractivity contribution in [2.24, 2.45) is 11.7 Å². The normalized spacial score (nSPS) is 14.6. The standard InChI is InChI=1S/C13H19NO2/c1-9(2)10(3)16-13(15)12(14)11-7-5-4-6-8-11/h4-10,12H,14H2,1-3H3/t10?,12-/m0/s1. The Morgan fingerprint density at radius 1 is 1.19 bits per heavy atom. The Morgan fingerprint density at radius 2 is 1.75 bits per heavy atom. The van der Waals surface area contributed by atoms with Crippen LogP contribution in [-0.4, -0.2) is 12.1 Å². The number of ether oxygens (including phenoxy) is 1. The van der Waals surface area contributed by atoms with Gasteiger partial charge in [0.1, 0.15) is 12.1 Å². The Bertz CT molecular complexity index is 335. The van der Waals surface area contributed by atoms with Gasteiger partial charge < -0.3 is 10.5 Å². The molecule has 0 saturated heterocycles. The molecular formula is C13H19NO2. The molecule has 0 aliphatic heterocycles. The molecule has 2 atom stereocenters. The topological polar surface area (TPSA) is 52.3 Å². The van der Waals surface area contributed by atoms with Gasteiger partial charge in [-0.05, 0) is 18.4 Å². The fourth-order valence-corrected chi connectivity index (χ4v) is 1.19. The number of esters is 1. The summed E-state index contributed by atoms with van der Waals surface area (Å²) < 4.78 is 5.26. The van der Waals surface area contributed by atoms with E-state index in [1.807, 2.05) is 51.1 Å². The molecule has 0 aromatic heterocycles. The summed E-state index contributed by atoms with van der Waals surface area (Å²) in [5, 5.41) is 0. The molecule has 1 aromatic rings. The minimum absolute atomic E-state index is 0.109. The van der Waals surface area contributed by atoms with E-state index in [0.29, 0.717) is 5.92 Å². The number of benzene rings is 1. The zero-order valence-corrected chi connectivity index (χ0v) is 10.0. The molecule has 0 spiro atoms. The lowest BCUT2D eigenvalue weighted by Crippen LogP contribution is -2.29. The molecule has 1 rings (SSSR count). The van der Waals surface area contributed by atoms with Gasteiger partial charge in [0.05, 0.1) is 0 Å². The zero-order valence-electron chi connectivity index (χ0n) is 10.0. The lowest BCUT2D eigenvalue weighted by atomic mass is 10.1. The maximum atomic E-state index is 11.7. The smallest absolute Gasteiger partial charge is 0.327 e. The van der Waals surface area contributed by atoms with Gasteiger partial charge in [0.25, 0.3) is 0 Å². The zero-order chi connectivity index (χ0) is 12.1. The van der Waals surface area contributed by atoms with Crippen LogP contribution in [0.5, 0.6) is 0 Å². The largest absolute Gasteiger partial charge is 0.461 e. The van der Waals surface area contributed by atoms with Crippen molar-refractivity contribution in [2.45, 2.75) is 32.9 Å². The monoisotopic (exact) mass is 221 g/mol. The summed E-state index contributed by atoms with van der Waals surface area (Å²) in [5.74, 6) is -0.0701. The lowest BCUT2D eigenvalue weighted by molar-refractivity contribution is -0.152. The molecule has 0 radical (unpaired) electrons. The Labute approximate surface area is 96.6 Å². The maximum absolute atomic E-state index is 11.7. The van der Waals surface area contributed by atoms with Crippen molar-refractivity contribution in [3.05, 3.63) is 35.9 Å². The molecule has 88 valence electrons. The lowest BCUT2D eigenvalue weighted by Gasteiger charge is -2.19. The average molecular weight is 221 g/mol. The third-order valence-electron chi connectivity index (χ3n) is 2.65. The van der Waals surface area contributed by atoms with Gasteiger partial charge in [-0.1, -0.05) is 44.2 Å². The van der Waals surface area contributed by atoms with Gasteiger partial charge >= 0.3 is 5.97 Å². The van der Waals surface area contributed by atoms with Crippen LogP contribution >= 0.6 is 0 Å². The third kappa shape index (κ3) is 3.35. The number of hydrogen-bond donors (Lipinski definition) is 1. The van der Waals surface area contributed by atoms with E-state index in [-0.39, 0.29) is 12.1 Å². The molecule has 0 bridgehead atoms. The predicted molar refractivity (Wildman–Crippen MR) is 63.8 cm³/mol. The van der Waals surface area contributed by atoms with Crippen molar-refractivity contribution in [3.63, 3.8) is 0 Å². The molecular weight excluding hydrogens is 202 g/mol. The molecule has 2 N–H and O–H groups in total. The highest BCUT2D eigenvalue weighted by molar-refractivity contribution is 5.77.